The van der Waals surface area contributed by atoms with Gasteiger partial charge in [-0.1, -0.05) is 50.2 Å². The second-order valence-corrected chi connectivity index (χ2v) is 16.9. The zero-order valence-corrected chi connectivity index (χ0v) is 27.0. The van der Waals surface area contributed by atoms with Crippen molar-refractivity contribution in [2.75, 3.05) is 5.75 Å². The molecule has 10 heteroatoms. The van der Waals surface area contributed by atoms with E-state index in [2.05, 4.69) is 36.2 Å². The van der Waals surface area contributed by atoms with Crippen LogP contribution in [0.25, 0.3) is 0 Å². The van der Waals surface area contributed by atoms with E-state index in [1.54, 1.807) is 11.8 Å². The SMILES string of the molecule is CCC(C)(CCC1Cc2cc[c-]cc2C2CC[C]34C(CC[CH]3[Al]4[N]=O)C12)SCCCC(F)(F)C(F)(F)F.[Y]. The zero-order valence-electron chi connectivity index (χ0n) is 22.2. The molecular formula is C28H36AlF5NOSY-. The molecule has 0 aromatic heterocycles. The quantitative estimate of drug-likeness (QED) is 0.0836. The summed E-state index contributed by atoms with van der Waals surface area (Å²) in [5, 5.41) is 0. The standard InChI is InChI=1S/C28H36F5S.Al.NO.Y/c1-3-26(2,34-17-7-15-27(29,30)28(31,32)33)16-14-21-18-20-8-4-5-10-22(20)24-13-12-19-9-6-11-23(19)25(21)24;;1-2;/h4,8-10,21,23-25H,3,6-7,11-18H2,1-2H3;;;/q-1;+1;-1;. The normalized spacial score (nSPS) is 33.2. The molecule has 1 heterocycles. The molecule has 38 heavy (non-hydrogen) atoms. The summed E-state index contributed by atoms with van der Waals surface area (Å²) in [4.78, 5) is 11.7. The molecule has 0 N–H and O–H groups in total. The van der Waals surface area contributed by atoms with Crippen LogP contribution in [0, 0.1) is 28.7 Å². The summed E-state index contributed by atoms with van der Waals surface area (Å²) in [6.45, 7) is 4.22. The average molecular weight is 646 g/mol. The first-order chi connectivity index (χ1) is 17.5. The maximum Gasteiger partial charge on any atom is 0.517 e. The third kappa shape index (κ3) is 5.48. The molecule has 3 aliphatic carbocycles. The van der Waals surface area contributed by atoms with Gasteiger partial charge in [0.2, 0.25) is 0 Å². The van der Waals surface area contributed by atoms with Gasteiger partial charge in [0, 0.05) is 43.9 Å². The van der Waals surface area contributed by atoms with Crippen LogP contribution in [-0.4, -0.2) is 37.0 Å². The van der Waals surface area contributed by atoms with Crippen molar-refractivity contribution < 1.29 is 54.7 Å². The second kappa shape index (κ2) is 11.6. The van der Waals surface area contributed by atoms with Gasteiger partial charge in [-0.25, -0.2) is 4.16 Å². The fourth-order valence-corrected chi connectivity index (χ4v) is 13.8. The van der Waals surface area contributed by atoms with E-state index in [-0.39, 0.29) is 48.2 Å². The first kappa shape index (κ1) is 31.4. The van der Waals surface area contributed by atoms with Crippen molar-refractivity contribution in [2.45, 2.75) is 110 Å². The number of nitroso groups, excluding NO2 is 1. The van der Waals surface area contributed by atoms with Crippen LogP contribution in [-0.2, 0) is 39.1 Å². The molecule has 1 spiro atoms. The Bertz CT molecular complexity index is 1010. The number of alkyl halides is 5. The number of thioether (sulfide) groups is 1. The van der Waals surface area contributed by atoms with Crippen LogP contribution < -0.4 is 0 Å². The summed E-state index contributed by atoms with van der Waals surface area (Å²) in [5.74, 6) is -2.16. The van der Waals surface area contributed by atoms with Gasteiger partial charge in [-0.05, 0) is 59.9 Å². The van der Waals surface area contributed by atoms with E-state index in [0.717, 1.165) is 38.5 Å². The van der Waals surface area contributed by atoms with Gasteiger partial charge in [0.1, 0.15) is 0 Å². The van der Waals surface area contributed by atoms with Crippen molar-refractivity contribution in [1.29, 1.82) is 0 Å². The van der Waals surface area contributed by atoms with E-state index in [9.17, 15) is 26.9 Å². The molecule has 1 radical (unpaired) electrons. The number of hydrogen-bond donors (Lipinski definition) is 0. The van der Waals surface area contributed by atoms with Gasteiger partial charge in [0.15, 0.2) is 0 Å². The molecule has 1 aliphatic heterocycles. The molecule has 2 saturated carbocycles. The van der Waals surface area contributed by atoms with Crippen molar-refractivity contribution in [3.05, 3.63) is 40.3 Å². The van der Waals surface area contributed by atoms with Crippen molar-refractivity contribution in [1.82, 2.24) is 0 Å². The first-order valence-corrected chi connectivity index (χ1v) is 16.6. The molecule has 207 valence electrons. The summed E-state index contributed by atoms with van der Waals surface area (Å²) in [6.07, 6.45) is 1.69. The number of rotatable bonds is 10. The Labute approximate surface area is 256 Å². The largest absolute Gasteiger partial charge is 0.517 e. The van der Waals surface area contributed by atoms with Gasteiger partial charge < -0.3 is 0 Å². The van der Waals surface area contributed by atoms with E-state index in [1.165, 1.54) is 24.0 Å². The minimum absolute atomic E-state index is 0. The molecule has 2 nitrogen and oxygen atoms in total. The third-order valence-electron chi connectivity index (χ3n) is 10.6. The average Bonchev–Trinajstić information content (AvgIpc) is 3.30. The number of halogens is 5. The minimum atomic E-state index is -5.48. The number of benzene rings is 1. The van der Waals surface area contributed by atoms with Crippen LogP contribution in [0.2, 0.25) is 9.06 Å². The molecule has 7 atom stereocenters. The topological polar surface area (TPSA) is 29.4 Å². The monoisotopic (exact) mass is 645 g/mol. The van der Waals surface area contributed by atoms with Crippen molar-refractivity contribution in [3.63, 3.8) is 0 Å². The number of fused-ring (bicyclic) bond motifs is 4. The Balaban J connectivity index is 0.00000336. The number of nitrogens with zero attached hydrogens (tertiary/aromatic N) is 1. The maximum absolute atomic E-state index is 13.3. The van der Waals surface area contributed by atoms with Crippen LogP contribution in [0.15, 0.2) is 22.4 Å². The summed E-state index contributed by atoms with van der Waals surface area (Å²) in [7, 11) is 0. The number of hydrogen-bond acceptors (Lipinski definition) is 3. The van der Waals surface area contributed by atoms with Crippen LogP contribution in [0.4, 0.5) is 22.0 Å². The van der Waals surface area contributed by atoms with Gasteiger partial charge in [-0.2, -0.15) is 68.4 Å². The summed E-state index contributed by atoms with van der Waals surface area (Å²) in [6, 6.07) is 9.67. The van der Waals surface area contributed by atoms with Crippen LogP contribution in [0.5, 0.6) is 0 Å². The van der Waals surface area contributed by atoms with Crippen LogP contribution in [0.1, 0.15) is 88.7 Å². The smallest absolute Gasteiger partial charge is 0.211 e. The Morgan fingerprint density at radius 2 is 1.95 bits per heavy atom. The fraction of sp³-hybridized carbons (Fsp3) is 0.786. The van der Waals surface area contributed by atoms with Crippen molar-refractivity contribution in [3.8, 4) is 0 Å². The summed E-state index contributed by atoms with van der Waals surface area (Å²) < 4.78 is 68.6. The third-order valence-corrected chi connectivity index (χ3v) is 16.1. The van der Waals surface area contributed by atoms with E-state index in [1.807, 2.05) is 6.07 Å². The molecule has 0 amide bonds. The van der Waals surface area contributed by atoms with E-state index in [4.69, 9.17) is 0 Å². The first-order valence-electron chi connectivity index (χ1n) is 13.9. The van der Waals surface area contributed by atoms with Gasteiger partial charge in [-0.3, -0.25) is 0 Å². The van der Waals surface area contributed by atoms with Gasteiger partial charge in [-0.15, -0.1) is 5.56 Å². The fourth-order valence-electron chi connectivity index (χ4n) is 8.52. The molecule has 1 saturated heterocycles. The van der Waals surface area contributed by atoms with Crippen LogP contribution >= 0.6 is 11.8 Å². The van der Waals surface area contributed by atoms with Gasteiger partial charge in [0.25, 0.3) is 0 Å². The van der Waals surface area contributed by atoms with Gasteiger partial charge in [0.05, 0.1) is 0 Å². The Kier molecular flexibility index (Phi) is 9.60. The molecule has 4 aliphatic rings. The molecular weight excluding hydrogens is 609 g/mol. The van der Waals surface area contributed by atoms with Crippen LogP contribution in [0.3, 0.4) is 0 Å². The van der Waals surface area contributed by atoms with E-state index >= 15 is 0 Å². The Hall–Kier alpha value is 0.456. The second-order valence-electron chi connectivity index (χ2n) is 12.3. The molecule has 5 rings (SSSR count). The van der Waals surface area contributed by atoms with E-state index < -0.39 is 32.9 Å². The van der Waals surface area contributed by atoms with Crippen molar-refractivity contribution in [2.24, 2.45) is 21.9 Å². The summed E-state index contributed by atoms with van der Waals surface area (Å²) in [5.41, 5.74) is 2.85. The van der Waals surface area contributed by atoms with E-state index in [0.29, 0.717) is 34.2 Å². The molecule has 3 fully saturated rings. The predicted octanol–water partition coefficient (Wildman–Crippen LogP) is 9.10. The molecule has 1 aromatic carbocycles. The zero-order chi connectivity index (χ0) is 26.6. The maximum atomic E-state index is 13.3. The molecule has 0 bridgehead atoms. The Morgan fingerprint density at radius 3 is 2.61 bits per heavy atom. The Morgan fingerprint density at radius 1 is 1.18 bits per heavy atom. The predicted molar refractivity (Wildman–Crippen MR) is 139 cm³/mol. The molecule has 7 unspecified atom stereocenters. The van der Waals surface area contributed by atoms with Crippen molar-refractivity contribution >= 4 is 26.1 Å². The minimum Gasteiger partial charge on any atom is -0.211 e. The molecule has 1 aromatic rings. The summed E-state index contributed by atoms with van der Waals surface area (Å²) >= 11 is 0.00299. The van der Waals surface area contributed by atoms with Gasteiger partial charge >= 0.3 is 26.5 Å².